The third kappa shape index (κ3) is 5.91. The molecule has 2 amide bonds. The first-order valence-corrected chi connectivity index (χ1v) is 7.84. The molecule has 0 spiro atoms. The molecule has 0 atom stereocenters. The Balaban J connectivity index is 1.90. The maximum absolute atomic E-state index is 12.8. The molecule has 6 heteroatoms. The number of ether oxygens (including phenoxy) is 1. The highest BCUT2D eigenvalue weighted by Gasteiger charge is 2.21. The molecule has 0 saturated heterocycles. The number of hydrogen-bond acceptors (Lipinski definition) is 3. The van der Waals surface area contributed by atoms with E-state index in [0.717, 1.165) is 0 Å². The molecule has 0 unspecified atom stereocenters. The fourth-order valence-corrected chi connectivity index (χ4v) is 1.86. The van der Waals surface area contributed by atoms with Crippen molar-refractivity contribution >= 4 is 23.2 Å². The molecule has 5 nitrogen and oxygen atoms in total. The van der Waals surface area contributed by atoms with Gasteiger partial charge in [-0.05, 0) is 36.4 Å². The zero-order valence-corrected chi connectivity index (χ0v) is 14.4. The Kier molecular flexibility index (Phi) is 5.75. The largest absolute Gasteiger partial charge is 0.484 e. The van der Waals surface area contributed by atoms with Crippen LogP contribution in [0.1, 0.15) is 20.8 Å². The van der Waals surface area contributed by atoms with Crippen molar-refractivity contribution in [3.05, 3.63) is 54.3 Å². The predicted molar refractivity (Wildman–Crippen MR) is 95.1 cm³/mol. The molecule has 2 aromatic carbocycles. The highest BCUT2D eigenvalue weighted by molar-refractivity contribution is 5.94. The molecule has 2 rings (SSSR count). The second-order valence-electron chi connectivity index (χ2n) is 6.58. The van der Waals surface area contributed by atoms with Gasteiger partial charge in [0.05, 0.1) is 0 Å². The van der Waals surface area contributed by atoms with Crippen LogP contribution < -0.4 is 15.4 Å². The van der Waals surface area contributed by atoms with Crippen LogP contribution in [-0.4, -0.2) is 18.4 Å². The molecule has 0 aliphatic heterocycles. The third-order valence-electron chi connectivity index (χ3n) is 3.27. The van der Waals surface area contributed by atoms with E-state index < -0.39 is 5.41 Å². The lowest BCUT2D eigenvalue weighted by molar-refractivity contribution is -0.123. The van der Waals surface area contributed by atoms with Gasteiger partial charge in [0, 0.05) is 22.9 Å². The summed E-state index contributed by atoms with van der Waals surface area (Å²) in [4.78, 5) is 23.9. The van der Waals surface area contributed by atoms with Crippen LogP contribution in [0.2, 0.25) is 0 Å². The summed E-state index contributed by atoms with van der Waals surface area (Å²) in [6.45, 7) is 5.27. The number of amides is 2. The van der Waals surface area contributed by atoms with Gasteiger partial charge in [-0.2, -0.15) is 0 Å². The van der Waals surface area contributed by atoms with Gasteiger partial charge in [-0.1, -0.05) is 26.8 Å². The molecule has 25 heavy (non-hydrogen) atoms. The van der Waals surface area contributed by atoms with E-state index in [4.69, 9.17) is 4.74 Å². The van der Waals surface area contributed by atoms with Gasteiger partial charge in [0.2, 0.25) is 5.91 Å². The predicted octanol–water partition coefficient (Wildman–Crippen LogP) is 3.83. The summed E-state index contributed by atoms with van der Waals surface area (Å²) in [6.07, 6.45) is 0. The molecular weight excluding hydrogens is 323 g/mol. The fourth-order valence-electron chi connectivity index (χ4n) is 1.86. The number of benzene rings is 2. The highest BCUT2D eigenvalue weighted by Crippen LogP contribution is 2.21. The number of carbonyl (C=O) groups excluding carboxylic acids is 2. The van der Waals surface area contributed by atoms with Gasteiger partial charge in [-0.25, -0.2) is 4.39 Å². The molecule has 2 aromatic rings. The molecule has 132 valence electrons. The molecule has 0 saturated carbocycles. The zero-order valence-electron chi connectivity index (χ0n) is 14.4. The van der Waals surface area contributed by atoms with Crippen LogP contribution in [0.25, 0.3) is 0 Å². The van der Waals surface area contributed by atoms with Crippen LogP contribution in [0.4, 0.5) is 15.8 Å². The second kappa shape index (κ2) is 7.79. The molecule has 0 aromatic heterocycles. The van der Waals surface area contributed by atoms with E-state index >= 15 is 0 Å². The van der Waals surface area contributed by atoms with Crippen LogP contribution in [0, 0.1) is 11.2 Å². The minimum absolute atomic E-state index is 0.112. The topological polar surface area (TPSA) is 67.4 Å². The first-order chi connectivity index (χ1) is 11.7. The average molecular weight is 344 g/mol. The fraction of sp³-hybridized carbons (Fsp3) is 0.263. The number of anilines is 2. The highest BCUT2D eigenvalue weighted by atomic mass is 19.1. The van der Waals surface area contributed by atoms with E-state index in [2.05, 4.69) is 10.6 Å². The Bertz CT molecular complexity index is 752. The summed E-state index contributed by atoms with van der Waals surface area (Å²) in [5.41, 5.74) is 0.573. The van der Waals surface area contributed by atoms with Crippen LogP contribution in [0.5, 0.6) is 5.75 Å². The number of rotatable bonds is 5. The first kappa shape index (κ1) is 18.4. The van der Waals surface area contributed by atoms with Crippen molar-refractivity contribution in [2.75, 3.05) is 17.2 Å². The lowest BCUT2D eigenvalue weighted by Crippen LogP contribution is -2.27. The van der Waals surface area contributed by atoms with Crippen LogP contribution >= 0.6 is 0 Å². The smallest absolute Gasteiger partial charge is 0.262 e. The van der Waals surface area contributed by atoms with E-state index in [1.165, 1.54) is 24.3 Å². The van der Waals surface area contributed by atoms with E-state index in [-0.39, 0.29) is 24.2 Å². The Hall–Kier alpha value is -2.89. The van der Waals surface area contributed by atoms with Gasteiger partial charge >= 0.3 is 0 Å². The monoisotopic (exact) mass is 344 g/mol. The first-order valence-electron chi connectivity index (χ1n) is 7.84. The van der Waals surface area contributed by atoms with Crippen LogP contribution in [0.3, 0.4) is 0 Å². The minimum atomic E-state index is -0.508. The van der Waals surface area contributed by atoms with Gasteiger partial charge in [-0.3, -0.25) is 9.59 Å². The molecule has 0 heterocycles. The Morgan fingerprint density at radius 1 is 1.00 bits per heavy atom. The van der Waals surface area contributed by atoms with Crippen molar-refractivity contribution in [3.63, 3.8) is 0 Å². The zero-order chi connectivity index (χ0) is 18.4. The summed E-state index contributed by atoms with van der Waals surface area (Å²) >= 11 is 0. The molecule has 0 aliphatic carbocycles. The number of halogens is 1. The Morgan fingerprint density at radius 2 is 1.68 bits per heavy atom. The standard InChI is InChI=1S/C19H21FN2O3/c1-19(2,3)18(24)22-15-5-4-6-16(11-15)25-12-17(23)21-14-9-7-13(20)8-10-14/h4-11H,12H2,1-3H3,(H,21,23)(H,22,24). The van der Waals surface area contributed by atoms with Crippen molar-refractivity contribution in [2.24, 2.45) is 5.41 Å². The SMILES string of the molecule is CC(C)(C)C(=O)Nc1cccc(OCC(=O)Nc2ccc(F)cc2)c1. The normalized spacial score (nSPS) is 10.9. The summed E-state index contributed by atoms with van der Waals surface area (Å²) in [5, 5.41) is 5.41. The minimum Gasteiger partial charge on any atom is -0.484 e. The van der Waals surface area contributed by atoms with E-state index in [1.54, 1.807) is 24.3 Å². The molecule has 2 N–H and O–H groups in total. The van der Waals surface area contributed by atoms with Crippen molar-refractivity contribution < 1.29 is 18.7 Å². The summed E-state index contributed by atoms with van der Waals surface area (Å²) in [6, 6.07) is 12.3. The molecule has 0 aliphatic rings. The Labute approximate surface area is 146 Å². The lowest BCUT2D eigenvalue weighted by atomic mass is 9.95. The van der Waals surface area contributed by atoms with Crippen molar-refractivity contribution in [1.29, 1.82) is 0 Å². The summed E-state index contributed by atoms with van der Waals surface area (Å²) in [5.74, 6) is -0.390. The summed E-state index contributed by atoms with van der Waals surface area (Å²) in [7, 11) is 0. The van der Waals surface area contributed by atoms with Gasteiger partial charge < -0.3 is 15.4 Å². The van der Waals surface area contributed by atoms with Gasteiger partial charge in [0.1, 0.15) is 11.6 Å². The Morgan fingerprint density at radius 3 is 2.32 bits per heavy atom. The molecule has 0 bridgehead atoms. The summed E-state index contributed by atoms with van der Waals surface area (Å²) < 4.78 is 18.3. The van der Waals surface area contributed by atoms with Gasteiger partial charge in [0.25, 0.3) is 5.91 Å². The third-order valence-corrected chi connectivity index (χ3v) is 3.27. The quantitative estimate of drug-likeness (QED) is 0.866. The number of nitrogens with one attached hydrogen (secondary N) is 2. The van der Waals surface area contributed by atoms with E-state index in [9.17, 15) is 14.0 Å². The van der Waals surface area contributed by atoms with Crippen LogP contribution in [-0.2, 0) is 9.59 Å². The van der Waals surface area contributed by atoms with Gasteiger partial charge in [0.15, 0.2) is 6.61 Å². The molecule has 0 fully saturated rings. The number of hydrogen-bond donors (Lipinski definition) is 2. The van der Waals surface area contributed by atoms with Crippen molar-refractivity contribution in [2.45, 2.75) is 20.8 Å². The second-order valence-corrected chi connectivity index (χ2v) is 6.58. The number of carbonyl (C=O) groups is 2. The van der Waals surface area contributed by atoms with Crippen molar-refractivity contribution in [3.8, 4) is 5.75 Å². The average Bonchev–Trinajstić information content (AvgIpc) is 2.55. The van der Waals surface area contributed by atoms with Crippen molar-refractivity contribution in [1.82, 2.24) is 0 Å². The van der Waals surface area contributed by atoms with Crippen LogP contribution in [0.15, 0.2) is 48.5 Å². The van der Waals surface area contributed by atoms with E-state index in [0.29, 0.717) is 17.1 Å². The molecule has 0 radical (unpaired) electrons. The lowest BCUT2D eigenvalue weighted by Gasteiger charge is -2.18. The maximum atomic E-state index is 12.8. The van der Waals surface area contributed by atoms with Gasteiger partial charge in [-0.15, -0.1) is 0 Å². The maximum Gasteiger partial charge on any atom is 0.262 e. The van der Waals surface area contributed by atoms with E-state index in [1.807, 2.05) is 20.8 Å². The molecular formula is C19H21FN2O3.